The fraction of sp³-hybridized carbons (Fsp3) is 0.421. The van der Waals surface area contributed by atoms with E-state index in [1.807, 2.05) is 25.1 Å². The van der Waals surface area contributed by atoms with Crippen molar-refractivity contribution in [2.24, 2.45) is 0 Å². The number of aliphatic hydroxyl groups excluding tert-OH is 1. The van der Waals surface area contributed by atoms with Crippen molar-refractivity contribution < 1.29 is 14.7 Å². The zero-order valence-corrected chi connectivity index (χ0v) is 15.6. The van der Waals surface area contributed by atoms with Crippen LogP contribution >= 0.6 is 11.3 Å². The van der Waals surface area contributed by atoms with E-state index < -0.39 is 6.10 Å². The molecule has 0 saturated carbocycles. The van der Waals surface area contributed by atoms with Crippen LogP contribution in [0.1, 0.15) is 35.4 Å². The molecule has 1 saturated heterocycles. The second-order valence-electron chi connectivity index (χ2n) is 6.51. The molecule has 1 unspecified atom stereocenters. The van der Waals surface area contributed by atoms with Gasteiger partial charge in [0.2, 0.25) is 5.91 Å². The number of hydrogen-bond acceptors (Lipinski definition) is 5. The molecular weight excluding hydrogens is 350 g/mol. The zero-order chi connectivity index (χ0) is 18.5. The van der Waals surface area contributed by atoms with E-state index in [2.05, 4.69) is 22.4 Å². The van der Waals surface area contributed by atoms with Gasteiger partial charge in [-0.3, -0.25) is 9.59 Å². The standard InChI is InChI=1S/C19H23N3O3S/c1-13-16(11-14-7-3-2-4-8-14)26-19(20-13)21-17(24)12-22-10-6-5-9-15(23)18(22)25/h2-4,7-8,15,23H,5-6,9-12H2,1H3,(H,20,21,24). The van der Waals surface area contributed by atoms with E-state index in [1.165, 1.54) is 21.8 Å². The van der Waals surface area contributed by atoms with Crippen LogP contribution < -0.4 is 5.32 Å². The number of hydrogen-bond donors (Lipinski definition) is 2. The molecule has 2 amide bonds. The number of carbonyl (C=O) groups excluding carboxylic acids is 2. The molecule has 1 aliphatic heterocycles. The van der Waals surface area contributed by atoms with Crippen molar-refractivity contribution in [3.63, 3.8) is 0 Å². The summed E-state index contributed by atoms with van der Waals surface area (Å²) in [7, 11) is 0. The molecule has 0 radical (unpaired) electrons. The largest absolute Gasteiger partial charge is 0.383 e. The van der Waals surface area contributed by atoms with Crippen molar-refractivity contribution in [2.45, 2.75) is 38.7 Å². The topological polar surface area (TPSA) is 82.5 Å². The van der Waals surface area contributed by atoms with Crippen molar-refractivity contribution in [1.29, 1.82) is 0 Å². The van der Waals surface area contributed by atoms with Gasteiger partial charge in [-0.1, -0.05) is 30.3 Å². The highest BCUT2D eigenvalue weighted by molar-refractivity contribution is 7.15. The second-order valence-corrected chi connectivity index (χ2v) is 7.59. The lowest BCUT2D eigenvalue weighted by Crippen LogP contribution is -2.42. The number of amides is 2. The lowest BCUT2D eigenvalue weighted by Gasteiger charge is -2.21. The van der Waals surface area contributed by atoms with Crippen molar-refractivity contribution in [3.8, 4) is 0 Å². The Hall–Kier alpha value is -2.25. The molecular formula is C19H23N3O3S. The van der Waals surface area contributed by atoms with E-state index in [-0.39, 0.29) is 18.4 Å². The number of rotatable bonds is 5. The van der Waals surface area contributed by atoms with E-state index >= 15 is 0 Å². The van der Waals surface area contributed by atoms with Crippen LogP contribution in [0.25, 0.3) is 0 Å². The average molecular weight is 373 g/mol. The van der Waals surface area contributed by atoms with Gasteiger partial charge in [0, 0.05) is 17.8 Å². The van der Waals surface area contributed by atoms with Crippen LogP contribution in [0, 0.1) is 6.92 Å². The van der Waals surface area contributed by atoms with Gasteiger partial charge in [-0.05, 0) is 31.7 Å². The average Bonchev–Trinajstić information content (AvgIpc) is 2.87. The molecule has 138 valence electrons. The minimum Gasteiger partial charge on any atom is -0.383 e. The van der Waals surface area contributed by atoms with Crippen LogP contribution in [0.4, 0.5) is 5.13 Å². The highest BCUT2D eigenvalue weighted by atomic mass is 32.1. The monoisotopic (exact) mass is 373 g/mol. The minimum absolute atomic E-state index is 0.0530. The molecule has 1 aromatic carbocycles. The Bertz CT molecular complexity index is 776. The van der Waals surface area contributed by atoms with Gasteiger partial charge < -0.3 is 15.3 Å². The Morgan fingerprint density at radius 1 is 1.35 bits per heavy atom. The van der Waals surface area contributed by atoms with Crippen molar-refractivity contribution >= 4 is 28.3 Å². The summed E-state index contributed by atoms with van der Waals surface area (Å²) in [5.41, 5.74) is 2.09. The molecule has 0 spiro atoms. The summed E-state index contributed by atoms with van der Waals surface area (Å²) >= 11 is 1.45. The summed E-state index contributed by atoms with van der Waals surface area (Å²) in [5.74, 6) is -0.648. The second kappa shape index (κ2) is 8.42. The fourth-order valence-electron chi connectivity index (χ4n) is 3.00. The molecule has 26 heavy (non-hydrogen) atoms. The van der Waals surface area contributed by atoms with Crippen LogP contribution in [0.2, 0.25) is 0 Å². The van der Waals surface area contributed by atoms with E-state index in [0.717, 1.165) is 29.8 Å². The third kappa shape index (κ3) is 4.68. The summed E-state index contributed by atoms with van der Waals surface area (Å²) in [4.78, 5) is 31.3. The Morgan fingerprint density at radius 3 is 2.88 bits per heavy atom. The minimum atomic E-state index is -0.995. The zero-order valence-electron chi connectivity index (χ0n) is 14.8. The molecule has 1 aliphatic rings. The molecule has 3 rings (SSSR count). The Labute approximate surface area is 156 Å². The summed E-state index contributed by atoms with van der Waals surface area (Å²) in [5, 5.41) is 13.1. The van der Waals surface area contributed by atoms with Gasteiger partial charge in [-0.25, -0.2) is 4.98 Å². The van der Waals surface area contributed by atoms with Crippen LogP contribution in [0.3, 0.4) is 0 Å². The van der Waals surface area contributed by atoms with Crippen molar-refractivity contribution in [2.75, 3.05) is 18.4 Å². The molecule has 1 fully saturated rings. The first-order valence-corrected chi connectivity index (χ1v) is 9.61. The SMILES string of the molecule is Cc1nc(NC(=O)CN2CCCCC(O)C2=O)sc1Cc1ccccc1. The smallest absolute Gasteiger partial charge is 0.251 e. The van der Waals surface area contributed by atoms with Gasteiger partial charge in [-0.15, -0.1) is 11.3 Å². The third-order valence-electron chi connectivity index (χ3n) is 4.43. The quantitative estimate of drug-likeness (QED) is 0.843. The number of aryl methyl sites for hydroxylation is 1. The maximum Gasteiger partial charge on any atom is 0.251 e. The molecule has 2 heterocycles. The number of nitrogens with zero attached hydrogens (tertiary/aromatic N) is 2. The first-order chi connectivity index (χ1) is 12.5. The number of aliphatic hydroxyl groups is 1. The Morgan fingerprint density at radius 2 is 2.12 bits per heavy atom. The Kier molecular flexibility index (Phi) is 6.00. The predicted octanol–water partition coefficient (Wildman–Crippen LogP) is 2.35. The maximum atomic E-state index is 12.3. The normalized spacial score (nSPS) is 17.8. The summed E-state index contributed by atoms with van der Waals surface area (Å²) in [6.45, 7) is 2.38. The number of likely N-dealkylation sites (tertiary alicyclic amines) is 1. The lowest BCUT2D eigenvalue weighted by molar-refractivity contribution is -0.141. The third-order valence-corrected chi connectivity index (χ3v) is 5.51. The van der Waals surface area contributed by atoms with Gasteiger partial charge in [-0.2, -0.15) is 0 Å². The molecule has 2 aromatic rings. The summed E-state index contributed by atoms with van der Waals surface area (Å²) in [6.07, 6.45) is 1.83. The molecule has 1 atom stereocenters. The van der Waals surface area contributed by atoms with Crippen LogP contribution in [-0.4, -0.2) is 46.0 Å². The summed E-state index contributed by atoms with van der Waals surface area (Å²) < 4.78 is 0. The van der Waals surface area contributed by atoms with Crippen LogP contribution in [-0.2, 0) is 16.0 Å². The predicted molar refractivity (Wildman–Crippen MR) is 101 cm³/mol. The molecule has 2 N–H and O–H groups in total. The van der Waals surface area contributed by atoms with Gasteiger partial charge in [0.15, 0.2) is 5.13 Å². The van der Waals surface area contributed by atoms with E-state index in [4.69, 9.17) is 0 Å². The number of anilines is 1. The van der Waals surface area contributed by atoms with Gasteiger partial charge in [0.1, 0.15) is 12.6 Å². The van der Waals surface area contributed by atoms with Gasteiger partial charge >= 0.3 is 0 Å². The lowest BCUT2D eigenvalue weighted by atomic mass is 10.1. The van der Waals surface area contributed by atoms with E-state index in [1.54, 1.807) is 0 Å². The molecule has 0 bridgehead atoms. The van der Waals surface area contributed by atoms with Crippen molar-refractivity contribution in [1.82, 2.24) is 9.88 Å². The fourth-order valence-corrected chi connectivity index (χ4v) is 4.01. The van der Waals surface area contributed by atoms with E-state index in [0.29, 0.717) is 18.1 Å². The van der Waals surface area contributed by atoms with Gasteiger partial charge in [0.25, 0.3) is 5.91 Å². The molecule has 6 nitrogen and oxygen atoms in total. The molecule has 7 heteroatoms. The first kappa shape index (κ1) is 18.5. The number of nitrogens with one attached hydrogen (secondary N) is 1. The first-order valence-electron chi connectivity index (χ1n) is 8.80. The van der Waals surface area contributed by atoms with Crippen molar-refractivity contribution in [3.05, 3.63) is 46.5 Å². The number of aromatic nitrogens is 1. The molecule has 1 aromatic heterocycles. The highest BCUT2D eigenvalue weighted by Crippen LogP contribution is 2.25. The number of carbonyl (C=O) groups is 2. The molecule has 0 aliphatic carbocycles. The summed E-state index contributed by atoms with van der Waals surface area (Å²) in [6, 6.07) is 10.1. The van der Waals surface area contributed by atoms with Gasteiger partial charge in [0.05, 0.1) is 5.69 Å². The highest BCUT2D eigenvalue weighted by Gasteiger charge is 2.26. The maximum absolute atomic E-state index is 12.3. The number of thiazole rings is 1. The Balaban J connectivity index is 1.61. The van der Waals surface area contributed by atoms with Crippen LogP contribution in [0.5, 0.6) is 0 Å². The van der Waals surface area contributed by atoms with E-state index in [9.17, 15) is 14.7 Å². The number of benzene rings is 1. The van der Waals surface area contributed by atoms with Crippen LogP contribution in [0.15, 0.2) is 30.3 Å².